The summed E-state index contributed by atoms with van der Waals surface area (Å²) < 4.78 is 1.25. The number of allylic oxidation sites excluding steroid dienone is 2. The number of benzene rings is 3. The number of anilines is 2. The molecule has 3 aromatic carbocycles. The summed E-state index contributed by atoms with van der Waals surface area (Å²) in [5.41, 5.74) is 0.551. The van der Waals surface area contributed by atoms with E-state index in [0.29, 0.717) is 20.3 Å². The average molecular weight is 632 g/mol. The molecule has 3 aromatic rings. The Hall–Kier alpha value is -3.36. The molecule has 6 nitrogen and oxygen atoms in total. The monoisotopic (exact) mass is 630 g/mol. The maximum Gasteiger partial charge on any atom is 0.238 e. The molecular formula is C30H20Br2N2O4. The zero-order valence-electron chi connectivity index (χ0n) is 19.8. The number of rotatable bonds is 3. The molecule has 2 unspecified atom stereocenters. The lowest BCUT2D eigenvalue weighted by atomic mass is 9.45. The van der Waals surface area contributed by atoms with Gasteiger partial charge >= 0.3 is 0 Å². The number of hydrogen-bond acceptors (Lipinski definition) is 4. The van der Waals surface area contributed by atoms with Gasteiger partial charge < -0.3 is 0 Å². The summed E-state index contributed by atoms with van der Waals surface area (Å²) in [6, 6.07) is 23.6. The molecule has 4 amide bonds. The van der Waals surface area contributed by atoms with E-state index in [2.05, 4.69) is 31.9 Å². The fourth-order valence-electron chi connectivity index (χ4n) is 7.22. The zero-order chi connectivity index (χ0) is 26.3. The van der Waals surface area contributed by atoms with Crippen LogP contribution in [0.25, 0.3) is 0 Å². The van der Waals surface area contributed by atoms with E-state index in [-0.39, 0.29) is 23.6 Å². The third-order valence-electron chi connectivity index (χ3n) is 8.62. The topological polar surface area (TPSA) is 74.8 Å². The normalized spacial score (nSPS) is 31.3. The lowest BCUT2D eigenvalue weighted by Gasteiger charge is -2.53. The van der Waals surface area contributed by atoms with E-state index >= 15 is 0 Å². The fourth-order valence-corrected chi connectivity index (χ4v) is 8.14. The van der Waals surface area contributed by atoms with E-state index in [1.807, 2.05) is 54.6 Å². The quantitative estimate of drug-likeness (QED) is 0.292. The van der Waals surface area contributed by atoms with E-state index < -0.39 is 35.0 Å². The van der Waals surface area contributed by atoms with Crippen LogP contribution in [-0.2, 0) is 24.6 Å². The summed E-state index contributed by atoms with van der Waals surface area (Å²) >= 11 is 6.98. The predicted molar refractivity (Wildman–Crippen MR) is 148 cm³/mol. The Balaban J connectivity index is 1.45. The molecule has 0 radical (unpaired) electrons. The minimum absolute atomic E-state index is 0.334. The van der Waals surface area contributed by atoms with Crippen molar-refractivity contribution < 1.29 is 19.2 Å². The van der Waals surface area contributed by atoms with Gasteiger partial charge in [0, 0.05) is 20.3 Å². The molecule has 2 aliphatic heterocycles. The smallest absolute Gasteiger partial charge is 0.238 e. The first-order valence-electron chi connectivity index (χ1n) is 12.4. The SMILES string of the molecule is O=C1[C@@H]2C3C=CC(c4ccccc4)([C@@H]2C(=O)N1c1ccccc1Br)[C@H]1C(=O)N(c2ccccc2Br)C(=O)[C@@H]31. The highest BCUT2D eigenvalue weighted by Crippen LogP contribution is 2.65. The molecule has 3 fully saturated rings. The molecule has 2 bridgehead atoms. The van der Waals surface area contributed by atoms with Crippen LogP contribution >= 0.6 is 31.9 Å². The van der Waals surface area contributed by atoms with E-state index in [4.69, 9.17) is 0 Å². The first kappa shape index (κ1) is 23.7. The average Bonchev–Trinajstić information content (AvgIpc) is 3.37. The number of carbonyl (C=O) groups excluding carboxylic acids is 4. The van der Waals surface area contributed by atoms with Gasteiger partial charge in [-0.3, -0.25) is 19.2 Å². The van der Waals surface area contributed by atoms with Crippen LogP contribution in [0.2, 0.25) is 0 Å². The largest absolute Gasteiger partial charge is 0.274 e. The number of imide groups is 2. The first-order chi connectivity index (χ1) is 18.4. The molecule has 0 spiro atoms. The van der Waals surface area contributed by atoms with Crippen molar-refractivity contribution in [3.8, 4) is 0 Å². The van der Waals surface area contributed by atoms with Crippen LogP contribution in [0.4, 0.5) is 11.4 Å². The van der Waals surface area contributed by atoms with Gasteiger partial charge in [0.1, 0.15) is 0 Å². The van der Waals surface area contributed by atoms with Crippen LogP contribution in [0.3, 0.4) is 0 Å². The highest BCUT2D eigenvalue weighted by atomic mass is 79.9. The number of halogens is 2. The maximum atomic E-state index is 14.3. The molecule has 6 atom stereocenters. The second-order valence-corrected chi connectivity index (χ2v) is 11.9. The summed E-state index contributed by atoms with van der Waals surface area (Å²) in [5, 5.41) is 0. The number of amides is 4. The van der Waals surface area contributed by atoms with Crippen molar-refractivity contribution in [3.63, 3.8) is 0 Å². The van der Waals surface area contributed by atoms with Gasteiger partial charge in [0.15, 0.2) is 0 Å². The Kier molecular flexibility index (Phi) is 5.20. The molecule has 2 saturated heterocycles. The fraction of sp³-hybridized carbons (Fsp3) is 0.200. The van der Waals surface area contributed by atoms with Gasteiger partial charge in [-0.2, -0.15) is 0 Å². The second-order valence-electron chi connectivity index (χ2n) is 10.2. The molecule has 0 N–H and O–H groups in total. The first-order valence-corrected chi connectivity index (χ1v) is 14.0. The molecule has 0 aromatic heterocycles. The molecule has 3 aliphatic carbocycles. The third-order valence-corrected chi connectivity index (χ3v) is 9.96. The number of carbonyl (C=O) groups is 4. The molecule has 188 valence electrons. The molecule has 5 aliphatic rings. The lowest BCUT2D eigenvalue weighted by molar-refractivity contribution is -0.140. The van der Waals surface area contributed by atoms with Gasteiger partial charge in [-0.15, -0.1) is 0 Å². The van der Waals surface area contributed by atoms with Crippen LogP contribution in [-0.4, -0.2) is 23.6 Å². The highest BCUT2D eigenvalue weighted by molar-refractivity contribution is 9.11. The maximum absolute atomic E-state index is 14.3. The standard InChI is InChI=1S/C30H20Br2N2O4/c31-18-10-4-6-12-20(18)33-26(35)22-17-14-15-30(24(22)28(33)37,16-8-2-1-3-9-16)25-23(17)27(36)34(29(25)38)21-13-7-5-11-19(21)32/h1-15,17,22-25H/t17?,22-,23+,24+,25-,30?. The van der Waals surface area contributed by atoms with Crippen molar-refractivity contribution >= 4 is 66.9 Å². The van der Waals surface area contributed by atoms with Crippen LogP contribution in [0.15, 0.2) is 100.0 Å². The second kappa shape index (κ2) is 8.32. The highest BCUT2D eigenvalue weighted by Gasteiger charge is 2.75. The van der Waals surface area contributed by atoms with Crippen LogP contribution < -0.4 is 9.80 Å². The van der Waals surface area contributed by atoms with Crippen molar-refractivity contribution in [2.45, 2.75) is 5.41 Å². The van der Waals surface area contributed by atoms with Crippen LogP contribution in [0.1, 0.15) is 5.56 Å². The van der Waals surface area contributed by atoms with Crippen LogP contribution in [0.5, 0.6) is 0 Å². The minimum atomic E-state index is -1.14. The Morgan fingerprint density at radius 3 is 1.50 bits per heavy atom. The Bertz CT molecular complexity index is 1500. The molecule has 1 saturated carbocycles. The number of para-hydroxylation sites is 2. The van der Waals surface area contributed by atoms with Crippen molar-refractivity contribution in [1.82, 2.24) is 0 Å². The summed E-state index contributed by atoms with van der Waals surface area (Å²) in [7, 11) is 0. The van der Waals surface area contributed by atoms with E-state index in [1.54, 1.807) is 36.4 Å². The van der Waals surface area contributed by atoms with Crippen molar-refractivity contribution in [2.24, 2.45) is 29.6 Å². The molecular weight excluding hydrogens is 612 g/mol. The van der Waals surface area contributed by atoms with Crippen molar-refractivity contribution in [2.75, 3.05) is 9.80 Å². The van der Waals surface area contributed by atoms with Crippen molar-refractivity contribution in [3.05, 3.63) is 106 Å². The third kappa shape index (κ3) is 2.87. The van der Waals surface area contributed by atoms with Gasteiger partial charge in [-0.25, -0.2) is 9.80 Å². The van der Waals surface area contributed by atoms with E-state index in [0.717, 1.165) is 5.56 Å². The molecule has 2 heterocycles. The molecule has 38 heavy (non-hydrogen) atoms. The van der Waals surface area contributed by atoms with Gasteiger partial charge in [-0.1, -0.05) is 66.7 Å². The lowest BCUT2D eigenvalue weighted by Crippen LogP contribution is -2.60. The predicted octanol–water partition coefficient (Wildman–Crippen LogP) is 5.26. The molecule has 8 rings (SSSR count). The minimum Gasteiger partial charge on any atom is -0.274 e. The van der Waals surface area contributed by atoms with Gasteiger partial charge in [0.25, 0.3) is 0 Å². The Morgan fingerprint density at radius 2 is 1.03 bits per heavy atom. The summed E-state index contributed by atoms with van der Waals surface area (Å²) in [6.45, 7) is 0. The zero-order valence-corrected chi connectivity index (χ0v) is 23.0. The van der Waals surface area contributed by atoms with Gasteiger partial charge in [-0.05, 0) is 61.7 Å². The van der Waals surface area contributed by atoms with Crippen LogP contribution in [0, 0.1) is 29.6 Å². The summed E-state index contributed by atoms with van der Waals surface area (Å²) in [5.74, 6) is -5.05. The van der Waals surface area contributed by atoms with E-state index in [9.17, 15) is 19.2 Å². The van der Waals surface area contributed by atoms with Gasteiger partial charge in [0.2, 0.25) is 23.6 Å². The summed E-state index contributed by atoms with van der Waals surface area (Å²) in [6.07, 6.45) is 3.83. The number of nitrogens with zero attached hydrogens (tertiary/aromatic N) is 2. The molecule has 8 heteroatoms. The Labute approximate surface area is 235 Å². The van der Waals surface area contributed by atoms with E-state index in [1.165, 1.54) is 9.80 Å². The van der Waals surface area contributed by atoms with Gasteiger partial charge in [0.05, 0.1) is 35.0 Å². The Morgan fingerprint density at radius 1 is 0.579 bits per heavy atom. The summed E-state index contributed by atoms with van der Waals surface area (Å²) in [4.78, 5) is 59.2. The number of hydrogen-bond donors (Lipinski definition) is 0. The van der Waals surface area contributed by atoms with Crippen molar-refractivity contribution in [1.29, 1.82) is 0 Å².